The summed E-state index contributed by atoms with van der Waals surface area (Å²) in [4.78, 5) is 6.58. The first-order valence-electron chi connectivity index (χ1n) is 15.8. The van der Waals surface area contributed by atoms with Crippen molar-refractivity contribution in [2.75, 3.05) is 0 Å². The summed E-state index contributed by atoms with van der Waals surface area (Å²) in [6.07, 6.45) is 0. The van der Waals surface area contributed by atoms with Crippen LogP contribution in [0.5, 0.6) is 0 Å². The van der Waals surface area contributed by atoms with Gasteiger partial charge in [-0.1, -0.05) is 146 Å². The quantitative estimate of drug-likeness (QED) is 0.196. The van der Waals surface area contributed by atoms with Gasteiger partial charge in [0, 0.05) is 26.3 Å². The van der Waals surface area contributed by atoms with Gasteiger partial charge in [-0.05, 0) is 68.1 Å². The molecule has 0 fully saturated rings. The maximum atomic E-state index is 5.21. The maximum absolute atomic E-state index is 5.21. The lowest BCUT2D eigenvalue weighted by Gasteiger charge is -2.30. The smallest absolute Gasteiger partial charge is 0.0740 e. The molecular formula is C44H27NS. The Labute approximate surface area is 272 Å². The molecule has 0 N–H and O–H groups in total. The van der Waals surface area contributed by atoms with E-state index in [1.807, 2.05) is 11.3 Å². The average Bonchev–Trinajstić information content (AvgIpc) is 3.76. The lowest BCUT2D eigenvalue weighted by Crippen LogP contribution is -2.25. The molecule has 0 aliphatic heterocycles. The molecule has 2 aromatic heterocycles. The lowest BCUT2D eigenvalue weighted by atomic mass is 9.70. The Balaban J connectivity index is 1.33. The van der Waals surface area contributed by atoms with E-state index in [2.05, 4.69) is 164 Å². The number of benzene rings is 6. The van der Waals surface area contributed by atoms with Crippen LogP contribution in [0.1, 0.15) is 22.3 Å². The van der Waals surface area contributed by atoms with Crippen LogP contribution in [-0.4, -0.2) is 4.98 Å². The average molecular weight is 602 g/mol. The minimum atomic E-state index is -0.384. The highest BCUT2D eigenvalue weighted by Gasteiger charge is 2.53. The summed E-state index contributed by atoms with van der Waals surface area (Å²) in [6.45, 7) is 0. The molecule has 2 heteroatoms. The Kier molecular flexibility index (Phi) is 5.43. The number of pyridine rings is 1. The van der Waals surface area contributed by atoms with Crippen molar-refractivity contribution in [2.45, 2.75) is 5.41 Å². The number of hydrogen-bond acceptors (Lipinski definition) is 2. The molecule has 2 heterocycles. The Morgan fingerprint density at radius 1 is 0.435 bits per heavy atom. The van der Waals surface area contributed by atoms with E-state index in [0.717, 1.165) is 22.5 Å². The number of fused-ring (bicyclic) bond motifs is 12. The molecule has 2 aliphatic rings. The van der Waals surface area contributed by atoms with E-state index in [1.54, 1.807) is 0 Å². The number of rotatable bonds is 3. The van der Waals surface area contributed by atoms with E-state index in [1.165, 1.54) is 65.0 Å². The highest BCUT2D eigenvalue weighted by atomic mass is 32.1. The molecule has 0 unspecified atom stereocenters. The molecule has 46 heavy (non-hydrogen) atoms. The second kappa shape index (κ2) is 9.71. The summed E-state index contributed by atoms with van der Waals surface area (Å²) in [6, 6.07) is 59.8. The van der Waals surface area contributed by atoms with Crippen molar-refractivity contribution in [1.29, 1.82) is 0 Å². The zero-order valence-electron chi connectivity index (χ0n) is 24.9. The van der Waals surface area contributed by atoms with Gasteiger partial charge in [-0.3, -0.25) is 0 Å². The number of aromatic nitrogens is 1. The van der Waals surface area contributed by atoms with Crippen molar-refractivity contribution < 1.29 is 0 Å². The molecule has 0 amide bonds. The van der Waals surface area contributed by atoms with Gasteiger partial charge >= 0.3 is 0 Å². The Morgan fingerprint density at radius 3 is 1.61 bits per heavy atom. The van der Waals surface area contributed by atoms with Crippen molar-refractivity contribution in [3.63, 3.8) is 0 Å². The molecule has 0 radical (unpaired) electrons. The zero-order chi connectivity index (χ0) is 30.2. The second-order valence-corrected chi connectivity index (χ2v) is 13.3. The summed E-state index contributed by atoms with van der Waals surface area (Å²) in [5, 5.41) is 1.35. The van der Waals surface area contributed by atoms with Crippen LogP contribution in [0.15, 0.2) is 164 Å². The van der Waals surface area contributed by atoms with E-state index < -0.39 is 0 Å². The summed E-state index contributed by atoms with van der Waals surface area (Å²) in [7, 11) is 0. The third kappa shape index (κ3) is 3.42. The fraction of sp³-hybridized carbons (Fsp3) is 0.0227. The van der Waals surface area contributed by atoms with Crippen LogP contribution < -0.4 is 0 Å². The minimum absolute atomic E-state index is 0.384. The van der Waals surface area contributed by atoms with Crippen molar-refractivity contribution in [3.05, 3.63) is 186 Å². The molecule has 0 saturated carbocycles. The van der Waals surface area contributed by atoms with Gasteiger partial charge in [-0.25, -0.2) is 4.98 Å². The molecule has 8 aromatic rings. The van der Waals surface area contributed by atoms with E-state index in [0.29, 0.717) is 0 Å². The van der Waals surface area contributed by atoms with Crippen LogP contribution in [0.3, 0.4) is 0 Å². The number of thiophene rings is 1. The first-order chi connectivity index (χ1) is 22.8. The van der Waals surface area contributed by atoms with E-state index >= 15 is 0 Å². The van der Waals surface area contributed by atoms with Gasteiger partial charge in [0.2, 0.25) is 0 Å². The maximum Gasteiger partial charge on any atom is 0.0740 e. The fourth-order valence-corrected chi connectivity index (χ4v) is 9.41. The van der Waals surface area contributed by atoms with Gasteiger partial charge in [0.25, 0.3) is 0 Å². The highest BCUT2D eigenvalue weighted by Crippen LogP contribution is 2.67. The molecule has 2 aliphatic carbocycles. The molecule has 10 rings (SSSR count). The summed E-state index contributed by atoms with van der Waals surface area (Å²) < 4.78 is 1.33. The van der Waals surface area contributed by atoms with Gasteiger partial charge in [-0.15, -0.1) is 11.3 Å². The molecule has 6 aromatic carbocycles. The second-order valence-electron chi connectivity index (χ2n) is 12.2. The number of nitrogens with zero attached hydrogens (tertiary/aromatic N) is 1. The fourth-order valence-electron chi connectivity index (χ4n) is 8.07. The van der Waals surface area contributed by atoms with E-state index in [-0.39, 0.29) is 5.41 Å². The zero-order valence-corrected chi connectivity index (χ0v) is 25.8. The van der Waals surface area contributed by atoms with E-state index in [9.17, 15) is 0 Å². The Morgan fingerprint density at radius 2 is 0.957 bits per heavy atom. The largest absolute Gasteiger partial charge is 0.248 e. The lowest BCUT2D eigenvalue weighted by molar-refractivity contribution is 0.803. The van der Waals surface area contributed by atoms with Crippen LogP contribution in [0.25, 0.3) is 65.3 Å². The summed E-state index contributed by atoms with van der Waals surface area (Å²) in [5.41, 5.74) is 15.8. The Hall–Kier alpha value is -5.57. The van der Waals surface area contributed by atoms with Gasteiger partial charge in [0.1, 0.15) is 0 Å². The SMILES string of the molecule is c1ccc(-c2cc(-c3cccc4c3-c3sc5ccccc5c3C43c4ccccc4-c4ccccc43)cc(-c3ccccc3)n2)cc1. The van der Waals surface area contributed by atoms with Crippen LogP contribution >= 0.6 is 11.3 Å². The third-order valence-electron chi connectivity index (χ3n) is 9.89. The normalized spacial score (nSPS) is 13.4. The third-order valence-corrected chi connectivity index (χ3v) is 11.1. The topological polar surface area (TPSA) is 12.9 Å². The van der Waals surface area contributed by atoms with Crippen molar-refractivity contribution in [1.82, 2.24) is 4.98 Å². The minimum Gasteiger partial charge on any atom is -0.248 e. The van der Waals surface area contributed by atoms with Crippen molar-refractivity contribution in [3.8, 4) is 55.2 Å². The van der Waals surface area contributed by atoms with Gasteiger partial charge in [-0.2, -0.15) is 0 Å². The van der Waals surface area contributed by atoms with Gasteiger partial charge < -0.3 is 0 Å². The van der Waals surface area contributed by atoms with E-state index in [4.69, 9.17) is 4.98 Å². The van der Waals surface area contributed by atoms with Gasteiger partial charge in [0.15, 0.2) is 0 Å². The first-order valence-corrected chi connectivity index (χ1v) is 16.6. The molecule has 1 nitrogen and oxygen atoms in total. The van der Waals surface area contributed by atoms with Crippen LogP contribution in [0.4, 0.5) is 0 Å². The van der Waals surface area contributed by atoms with Crippen molar-refractivity contribution in [2.24, 2.45) is 0 Å². The number of hydrogen-bond donors (Lipinski definition) is 0. The predicted molar refractivity (Wildman–Crippen MR) is 192 cm³/mol. The first kappa shape index (κ1) is 25.7. The predicted octanol–water partition coefficient (Wildman–Crippen LogP) is 11.6. The molecule has 214 valence electrons. The summed E-state index contributed by atoms with van der Waals surface area (Å²) >= 11 is 1.93. The van der Waals surface area contributed by atoms with Crippen LogP contribution in [0.2, 0.25) is 0 Å². The van der Waals surface area contributed by atoms with Crippen LogP contribution in [0, 0.1) is 0 Å². The standard InChI is InChI=1S/C44H27NS/c1-3-14-28(15-4-1)38-26-30(27-39(45-38)29-16-5-2-6-17-29)31-21-13-24-37-41(31)43-42(34-20-9-12-25-40(34)46-43)44(37)35-22-10-7-18-32(35)33-19-8-11-23-36(33)44/h1-27H. The molecular weight excluding hydrogens is 575 g/mol. The Bertz CT molecular complexity index is 2370. The van der Waals surface area contributed by atoms with Crippen LogP contribution in [-0.2, 0) is 5.41 Å². The monoisotopic (exact) mass is 601 g/mol. The summed E-state index contributed by atoms with van der Waals surface area (Å²) in [5.74, 6) is 0. The molecule has 1 spiro atoms. The highest BCUT2D eigenvalue weighted by molar-refractivity contribution is 7.22. The van der Waals surface area contributed by atoms with Crippen molar-refractivity contribution >= 4 is 21.4 Å². The molecule has 0 bridgehead atoms. The molecule has 0 atom stereocenters. The van der Waals surface area contributed by atoms with Gasteiger partial charge in [0.05, 0.1) is 16.8 Å². The molecule has 0 saturated heterocycles.